The van der Waals surface area contributed by atoms with Crippen LogP contribution in [0.4, 0.5) is 0 Å². The molecule has 1 fully saturated rings. The van der Waals surface area contributed by atoms with E-state index < -0.39 is 0 Å². The Labute approximate surface area is 111 Å². The Bertz CT molecular complexity index is 190. The molecule has 0 aromatic rings. The van der Waals surface area contributed by atoms with E-state index in [0.29, 0.717) is 31.8 Å². The van der Waals surface area contributed by atoms with Crippen LogP contribution in [0.5, 0.6) is 0 Å². The molecule has 4 nitrogen and oxygen atoms in total. The molecule has 18 heavy (non-hydrogen) atoms. The molecule has 0 heterocycles. The van der Waals surface area contributed by atoms with Crippen LogP contribution in [-0.2, 0) is 14.2 Å². The molecule has 0 aromatic carbocycles. The predicted octanol–water partition coefficient (Wildman–Crippen LogP) is 1.84. The van der Waals surface area contributed by atoms with Gasteiger partial charge in [0.25, 0.3) is 0 Å². The Balaban J connectivity index is 1.78. The Morgan fingerprint density at radius 3 is 2.22 bits per heavy atom. The summed E-state index contributed by atoms with van der Waals surface area (Å²) in [4.78, 5) is 0. The topological polar surface area (TPSA) is 39.7 Å². The second-order valence-corrected chi connectivity index (χ2v) is 5.10. The van der Waals surface area contributed by atoms with Crippen LogP contribution in [0.2, 0.25) is 0 Å². The van der Waals surface area contributed by atoms with Gasteiger partial charge in [-0.05, 0) is 24.7 Å². The summed E-state index contributed by atoms with van der Waals surface area (Å²) >= 11 is 0. The number of nitrogens with one attached hydrogen (secondary N) is 1. The smallest absolute Gasteiger partial charge is 0.0701 e. The highest BCUT2D eigenvalue weighted by atomic mass is 16.5. The molecule has 0 unspecified atom stereocenters. The van der Waals surface area contributed by atoms with E-state index in [2.05, 4.69) is 12.2 Å². The van der Waals surface area contributed by atoms with Crippen molar-refractivity contribution >= 4 is 0 Å². The van der Waals surface area contributed by atoms with Gasteiger partial charge >= 0.3 is 0 Å². The fraction of sp³-hybridized carbons (Fsp3) is 1.00. The second-order valence-electron chi connectivity index (χ2n) is 5.10. The van der Waals surface area contributed by atoms with Gasteiger partial charge in [0, 0.05) is 20.2 Å². The molecular formula is C14H29NO3. The first-order chi connectivity index (χ1) is 8.83. The summed E-state index contributed by atoms with van der Waals surface area (Å²) in [6.45, 7) is 7.80. The maximum atomic E-state index is 5.49. The van der Waals surface area contributed by atoms with Crippen LogP contribution in [0.15, 0.2) is 0 Å². The van der Waals surface area contributed by atoms with Gasteiger partial charge in [0.15, 0.2) is 0 Å². The van der Waals surface area contributed by atoms with Crippen LogP contribution >= 0.6 is 0 Å². The van der Waals surface area contributed by atoms with E-state index in [1.54, 1.807) is 7.11 Å². The number of hydrogen-bond acceptors (Lipinski definition) is 4. The second kappa shape index (κ2) is 9.73. The number of rotatable bonds is 12. The number of ether oxygens (including phenoxy) is 3. The van der Waals surface area contributed by atoms with Crippen molar-refractivity contribution in [3.63, 3.8) is 0 Å². The molecule has 0 saturated heterocycles. The van der Waals surface area contributed by atoms with Gasteiger partial charge in [-0.15, -0.1) is 0 Å². The van der Waals surface area contributed by atoms with Crippen molar-refractivity contribution in [3.8, 4) is 0 Å². The zero-order chi connectivity index (χ0) is 13.1. The molecule has 0 spiro atoms. The van der Waals surface area contributed by atoms with Gasteiger partial charge in [0.1, 0.15) is 0 Å². The van der Waals surface area contributed by atoms with Gasteiger partial charge in [0.2, 0.25) is 0 Å². The first-order valence-corrected chi connectivity index (χ1v) is 7.18. The average molecular weight is 259 g/mol. The van der Waals surface area contributed by atoms with Crippen molar-refractivity contribution in [2.24, 2.45) is 5.41 Å². The fourth-order valence-electron chi connectivity index (χ4n) is 2.29. The van der Waals surface area contributed by atoms with Crippen LogP contribution in [0.1, 0.15) is 32.6 Å². The van der Waals surface area contributed by atoms with Crippen LogP contribution in [0.25, 0.3) is 0 Å². The molecule has 0 bridgehead atoms. The van der Waals surface area contributed by atoms with Gasteiger partial charge < -0.3 is 19.5 Å². The van der Waals surface area contributed by atoms with Crippen molar-refractivity contribution in [1.29, 1.82) is 0 Å². The molecule has 1 rings (SSSR count). The van der Waals surface area contributed by atoms with Gasteiger partial charge in [0.05, 0.1) is 33.0 Å². The van der Waals surface area contributed by atoms with Crippen LogP contribution in [0.3, 0.4) is 0 Å². The lowest BCUT2D eigenvalue weighted by Gasteiger charge is -2.41. The predicted molar refractivity (Wildman–Crippen MR) is 73.0 cm³/mol. The minimum absolute atomic E-state index is 0.600. The van der Waals surface area contributed by atoms with E-state index in [9.17, 15) is 0 Å². The molecule has 0 radical (unpaired) electrons. The molecule has 1 N–H and O–H groups in total. The van der Waals surface area contributed by atoms with Crippen molar-refractivity contribution in [1.82, 2.24) is 5.32 Å². The maximum absolute atomic E-state index is 5.49. The molecule has 0 aliphatic heterocycles. The largest absolute Gasteiger partial charge is 0.382 e. The molecular weight excluding hydrogens is 230 g/mol. The third-order valence-electron chi connectivity index (χ3n) is 3.89. The van der Waals surface area contributed by atoms with Gasteiger partial charge in [-0.25, -0.2) is 0 Å². The van der Waals surface area contributed by atoms with Crippen molar-refractivity contribution in [3.05, 3.63) is 0 Å². The first-order valence-electron chi connectivity index (χ1n) is 7.18. The molecule has 108 valence electrons. The Kier molecular flexibility index (Phi) is 8.59. The number of methoxy groups -OCH3 is 1. The zero-order valence-corrected chi connectivity index (χ0v) is 12.0. The molecule has 1 saturated carbocycles. The monoisotopic (exact) mass is 259 g/mol. The van der Waals surface area contributed by atoms with Crippen molar-refractivity contribution in [2.45, 2.75) is 32.6 Å². The van der Waals surface area contributed by atoms with Crippen molar-refractivity contribution < 1.29 is 14.2 Å². The van der Waals surface area contributed by atoms with Crippen LogP contribution < -0.4 is 5.32 Å². The summed E-state index contributed by atoms with van der Waals surface area (Å²) in [5, 5.41) is 3.50. The van der Waals surface area contributed by atoms with E-state index >= 15 is 0 Å². The maximum Gasteiger partial charge on any atom is 0.0701 e. The van der Waals surface area contributed by atoms with E-state index in [1.807, 2.05) is 0 Å². The molecule has 0 atom stereocenters. The standard InChI is InChI=1S/C14H29NO3/c1-3-14(5-4-6-14)13-15-7-8-17-11-12-18-10-9-16-2/h15H,3-13H2,1-2H3. The van der Waals surface area contributed by atoms with Gasteiger partial charge in [-0.1, -0.05) is 13.3 Å². The van der Waals surface area contributed by atoms with Crippen LogP contribution in [-0.4, -0.2) is 53.2 Å². The molecule has 1 aliphatic rings. The summed E-state index contributed by atoms with van der Waals surface area (Å²) in [6.07, 6.45) is 5.49. The first kappa shape index (κ1) is 15.9. The lowest BCUT2D eigenvalue weighted by Crippen LogP contribution is -2.40. The Morgan fingerprint density at radius 2 is 1.67 bits per heavy atom. The van der Waals surface area contributed by atoms with Crippen LogP contribution in [0, 0.1) is 5.41 Å². The minimum atomic E-state index is 0.600. The highest BCUT2D eigenvalue weighted by molar-refractivity contribution is 4.88. The summed E-state index contributed by atoms with van der Waals surface area (Å²) in [5.74, 6) is 0. The highest BCUT2D eigenvalue weighted by Gasteiger charge is 2.34. The lowest BCUT2D eigenvalue weighted by atomic mass is 9.67. The minimum Gasteiger partial charge on any atom is -0.382 e. The highest BCUT2D eigenvalue weighted by Crippen LogP contribution is 2.42. The summed E-state index contributed by atoms with van der Waals surface area (Å²) in [6, 6.07) is 0. The molecule has 4 heteroatoms. The lowest BCUT2D eigenvalue weighted by molar-refractivity contribution is 0.0245. The summed E-state index contributed by atoms with van der Waals surface area (Å²) in [5.41, 5.74) is 0.600. The van der Waals surface area contributed by atoms with E-state index in [0.717, 1.165) is 19.7 Å². The van der Waals surface area contributed by atoms with E-state index in [1.165, 1.54) is 25.7 Å². The fourth-order valence-corrected chi connectivity index (χ4v) is 2.29. The third kappa shape index (κ3) is 6.14. The zero-order valence-electron chi connectivity index (χ0n) is 12.0. The van der Waals surface area contributed by atoms with Gasteiger partial charge in [-0.3, -0.25) is 0 Å². The average Bonchev–Trinajstić information content (AvgIpc) is 2.34. The molecule has 0 amide bonds. The SMILES string of the molecule is CCC1(CNCCOCCOCCOC)CCC1. The summed E-state index contributed by atoms with van der Waals surface area (Å²) in [7, 11) is 1.68. The Morgan fingerprint density at radius 1 is 1.00 bits per heavy atom. The summed E-state index contributed by atoms with van der Waals surface area (Å²) < 4.78 is 15.7. The normalized spacial score (nSPS) is 17.7. The third-order valence-corrected chi connectivity index (χ3v) is 3.89. The van der Waals surface area contributed by atoms with E-state index in [4.69, 9.17) is 14.2 Å². The number of hydrogen-bond donors (Lipinski definition) is 1. The molecule has 1 aliphatic carbocycles. The van der Waals surface area contributed by atoms with Gasteiger partial charge in [-0.2, -0.15) is 0 Å². The Hall–Kier alpha value is -0.160. The van der Waals surface area contributed by atoms with Crippen molar-refractivity contribution in [2.75, 3.05) is 53.2 Å². The van der Waals surface area contributed by atoms with E-state index in [-0.39, 0.29) is 0 Å². The molecule has 0 aromatic heterocycles. The quantitative estimate of drug-likeness (QED) is 0.543.